The second-order valence-electron chi connectivity index (χ2n) is 5.93. The van der Waals surface area contributed by atoms with Gasteiger partial charge in [-0.05, 0) is 56.3 Å². The third-order valence-corrected chi connectivity index (χ3v) is 4.21. The minimum Gasteiger partial charge on any atom is -0.497 e. The molecule has 0 saturated carbocycles. The standard InChI is InChI=1S/C21H21N3O2/c1-15-13-18(14-22-23-21(25)17-7-5-4-6-8-17)16(2)24(15)19-9-11-20(26-3)12-10-19/h4-14H,1-3H3,(H,23,25)/b22-14+. The number of ether oxygens (including phenoxy) is 1. The fourth-order valence-corrected chi connectivity index (χ4v) is 2.86. The molecule has 1 aromatic heterocycles. The molecule has 0 aliphatic rings. The second-order valence-corrected chi connectivity index (χ2v) is 5.93. The number of hydrazone groups is 1. The zero-order valence-corrected chi connectivity index (χ0v) is 15.1. The maximum atomic E-state index is 12.0. The van der Waals surface area contributed by atoms with Gasteiger partial charge >= 0.3 is 0 Å². The zero-order valence-electron chi connectivity index (χ0n) is 15.1. The fraction of sp³-hybridized carbons (Fsp3) is 0.143. The van der Waals surface area contributed by atoms with Gasteiger partial charge in [0.2, 0.25) is 0 Å². The van der Waals surface area contributed by atoms with E-state index in [1.54, 1.807) is 25.5 Å². The van der Waals surface area contributed by atoms with Gasteiger partial charge in [0.15, 0.2) is 0 Å². The Kier molecular flexibility index (Phi) is 5.17. The summed E-state index contributed by atoms with van der Waals surface area (Å²) in [6.45, 7) is 4.06. The first-order chi connectivity index (χ1) is 12.6. The van der Waals surface area contributed by atoms with Crippen molar-refractivity contribution in [1.29, 1.82) is 0 Å². The highest BCUT2D eigenvalue weighted by Gasteiger charge is 2.10. The van der Waals surface area contributed by atoms with Crippen LogP contribution in [0.4, 0.5) is 0 Å². The predicted molar refractivity (Wildman–Crippen MR) is 103 cm³/mol. The van der Waals surface area contributed by atoms with Gasteiger partial charge in [-0.15, -0.1) is 0 Å². The van der Waals surface area contributed by atoms with Gasteiger partial charge in [0, 0.05) is 28.2 Å². The van der Waals surface area contributed by atoms with Gasteiger partial charge in [0.25, 0.3) is 5.91 Å². The average molecular weight is 347 g/mol. The number of hydrogen-bond donors (Lipinski definition) is 1. The maximum absolute atomic E-state index is 12.0. The number of nitrogens with one attached hydrogen (secondary N) is 1. The van der Waals surface area contributed by atoms with Crippen molar-refractivity contribution in [3.05, 3.63) is 83.2 Å². The SMILES string of the molecule is COc1ccc(-n2c(C)cc(/C=N/NC(=O)c3ccccc3)c2C)cc1. The molecule has 1 heterocycles. The van der Waals surface area contributed by atoms with E-state index in [4.69, 9.17) is 4.74 Å². The zero-order chi connectivity index (χ0) is 18.5. The molecule has 3 aromatic rings. The van der Waals surface area contributed by atoms with E-state index in [1.165, 1.54) is 0 Å². The van der Waals surface area contributed by atoms with Crippen LogP contribution in [-0.4, -0.2) is 23.8 Å². The molecule has 2 aromatic carbocycles. The van der Waals surface area contributed by atoms with Crippen LogP contribution in [0, 0.1) is 13.8 Å². The van der Waals surface area contributed by atoms with Crippen LogP contribution in [0.15, 0.2) is 65.8 Å². The Hall–Kier alpha value is -3.34. The van der Waals surface area contributed by atoms with Gasteiger partial charge in [-0.1, -0.05) is 18.2 Å². The van der Waals surface area contributed by atoms with E-state index in [2.05, 4.69) is 15.1 Å². The number of carbonyl (C=O) groups is 1. The molecule has 1 N–H and O–H groups in total. The molecule has 0 fully saturated rings. The van der Waals surface area contributed by atoms with Crippen LogP contribution in [0.25, 0.3) is 5.69 Å². The summed E-state index contributed by atoms with van der Waals surface area (Å²) in [6, 6.07) is 18.9. The Morgan fingerprint density at radius 2 is 1.77 bits per heavy atom. The number of methoxy groups -OCH3 is 1. The molecule has 0 spiro atoms. The Bertz CT molecular complexity index is 926. The normalized spacial score (nSPS) is 10.9. The molecule has 132 valence electrons. The number of amides is 1. The number of carbonyl (C=O) groups excluding carboxylic acids is 1. The van der Waals surface area contributed by atoms with E-state index < -0.39 is 0 Å². The molecule has 3 rings (SSSR count). The van der Waals surface area contributed by atoms with E-state index in [0.717, 1.165) is 28.4 Å². The molecule has 26 heavy (non-hydrogen) atoms. The summed E-state index contributed by atoms with van der Waals surface area (Å²) in [6.07, 6.45) is 1.67. The number of rotatable bonds is 5. The first-order valence-corrected chi connectivity index (χ1v) is 8.32. The lowest BCUT2D eigenvalue weighted by Gasteiger charge is -2.10. The average Bonchev–Trinajstić information content (AvgIpc) is 2.96. The van der Waals surface area contributed by atoms with Crippen molar-refractivity contribution in [3.63, 3.8) is 0 Å². The van der Waals surface area contributed by atoms with Crippen LogP contribution < -0.4 is 10.2 Å². The van der Waals surface area contributed by atoms with Crippen molar-refractivity contribution in [2.24, 2.45) is 5.10 Å². The van der Waals surface area contributed by atoms with E-state index in [-0.39, 0.29) is 5.91 Å². The molecule has 0 aliphatic carbocycles. The molecule has 0 atom stereocenters. The first kappa shape index (κ1) is 17.5. The highest BCUT2D eigenvalue weighted by molar-refractivity contribution is 5.94. The topological polar surface area (TPSA) is 55.6 Å². The monoisotopic (exact) mass is 347 g/mol. The Morgan fingerprint density at radius 3 is 2.42 bits per heavy atom. The number of nitrogens with zero attached hydrogens (tertiary/aromatic N) is 2. The minimum atomic E-state index is -0.231. The van der Waals surface area contributed by atoms with E-state index in [0.29, 0.717) is 5.56 Å². The smallest absolute Gasteiger partial charge is 0.271 e. The molecule has 0 saturated heterocycles. The number of benzene rings is 2. The quantitative estimate of drug-likeness (QED) is 0.563. The lowest BCUT2D eigenvalue weighted by molar-refractivity contribution is 0.0955. The van der Waals surface area contributed by atoms with Gasteiger partial charge in [0.1, 0.15) is 5.75 Å². The van der Waals surface area contributed by atoms with Crippen LogP contribution in [-0.2, 0) is 0 Å². The van der Waals surface area contributed by atoms with E-state index >= 15 is 0 Å². The molecule has 0 bridgehead atoms. The molecule has 0 aliphatic heterocycles. The number of hydrogen-bond acceptors (Lipinski definition) is 3. The summed E-state index contributed by atoms with van der Waals surface area (Å²) >= 11 is 0. The number of aryl methyl sites for hydroxylation is 1. The first-order valence-electron chi connectivity index (χ1n) is 8.32. The fourth-order valence-electron chi connectivity index (χ4n) is 2.86. The molecule has 0 unspecified atom stereocenters. The summed E-state index contributed by atoms with van der Waals surface area (Å²) in [4.78, 5) is 12.0. The maximum Gasteiger partial charge on any atom is 0.271 e. The lowest BCUT2D eigenvalue weighted by atomic mass is 10.2. The summed E-state index contributed by atoms with van der Waals surface area (Å²) < 4.78 is 7.35. The third-order valence-electron chi connectivity index (χ3n) is 4.21. The molecule has 1 amide bonds. The van der Waals surface area contributed by atoms with E-state index in [9.17, 15) is 4.79 Å². The van der Waals surface area contributed by atoms with Gasteiger partial charge in [-0.25, -0.2) is 5.43 Å². The Balaban J connectivity index is 1.78. The second kappa shape index (κ2) is 7.70. The highest BCUT2D eigenvalue weighted by Crippen LogP contribution is 2.21. The Labute approximate surface area is 152 Å². The highest BCUT2D eigenvalue weighted by atomic mass is 16.5. The largest absolute Gasteiger partial charge is 0.497 e. The summed E-state index contributed by atoms with van der Waals surface area (Å²) in [7, 11) is 1.65. The molecular formula is C21H21N3O2. The van der Waals surface area contributed by atoms with Crippen molar-refractivity contribution in [2.45, 2.75) is 13.8 Å². The van der Waals surface area contributed by atoms with Crippen LogP contribution in [0.5, 0.6) is 5.75 Å². The summed E-state index contributed by atoms with van der Waals surface area (Å²) in [5.41, 5.74) is 7.27. The summed E-state index contributed by atoms with van der Waals surface area (Å²) in [5.74, 6) is 0.590. The summed E-state index contributed by atoms with van der Waals surface area (Å²) in [5, 5.41) is 4.10. The van der Waals surface area contributed by atoms with Crippen LogP contribution in [0.2, 0.25) is 0 Å². The Morgan fingerprint density at radius 1 is 1.08 bits per heavy atom. The van der Waals surface area contributed by atoms with Crippen LogP contribution in [0.3, 0.4) is 0 Å². The van der Waals surface area contributed by atoms with Crippen molar-refractivity contribution in [3.8, 4) is 11.4 Å². The molecule has 5 nitrogen and oxygen atoms in total. The van der Waals surface area contributed by atoms with Gasteiger partial charge in [-0.2, -0.15) is 5.10 Å². The van der Waals surface area contributed by atoms with Gasteiger partial charge < -0.3 is 9.30 Å². The molecule has 5 heteroatoms. The minimum absolute atomic E-state index is 0.231. The van der Waals surface area contributed by atoms with E-state index in [1.807, 2.05) is 62.4 Å². The van der Waals surface area contributed by atoms with Crippen molar-refractivity contribution in [1.82, 2.24) is 9.99 Å². The van der Waals surface area contributed by atoms with Crippen LogP contribution >= 0.6 is 0 Å². The third kappa shape index (κ3) is 3.67. The molecule has 0 radical (unpaired) electrons. The number of aromatic nitrogens is 1. The van der Waals surface area contributed by atoms with Crippen molar-refractivity contribution < 1.29 is 9.53 Å². The van der Waals surface area contributed by atoms with Gasteiger partial charge in [-0.3, -0.25) is 4.79 Å². The van der Waals surface area contributed by atoms with Crippen molar-refractivity contribution in [2.75, 3.05) is 7.11 Å². The van der Waals surface area contributed by atoms with Crippen molar-refractivity contribution >= 4 is 12.1 Å². The predicted octanol–water partition coefficient (Wildman–Crippen LogP) is 3.87. The van der Waals surface area contributed by atoms with Gasteiger partial charge in [0.05, 0.1) is 13.3 Å². The van der Waals surface area contributed by atoms with Crippen LogP contribution in [0.1, 0.15) is 27.3 Å². The lowest BCUT2D eigenvalue weighted by Crippen LogP contribution is -2.17. The molecular weight excluding hydrogens is 326 g/mol.